The zero-order chi connectivity index (χ0) is 21.3. The highest BCUT2D eigenvalue weighted by molar-refractivity contribution is 6.13. The number of carbonyl (C=O) groups is 2. The Kier molecular flexibility index (Phi) is 5.54. The number of aromatic nitrogens is 3. The Morgan fingerprint density at radius 2 is 1.90 bits per heavy atom. The molecule has 1 aromatic carbocycles. The molecule has 29 heavy (non-hydrogen) atoms. The maximum absolute atomic E-state index is 13.2. The first-order valence-corrected chi connectivity index (χ1v) is 9.32. The molecule has 3 rings (SSSR count). The van der Waals surface area contributed by atoms with E-state index >= 15 is 0 Å². The number of nitrogens with zero attached hydrogens (tertiary/aromatic N) is 3. The average molecular weight is 395 g/mol. The molecule has 8 heteroatoms. The van der Waals surface area contributed by atoms with Gasteiger partial charge in [0.25, 0.3) is 5.91 Å². The van der Waals surface area contributed by atoms with Crippen molar-refractivity contribution in [3.8, 4) is 5.75 Å². The minimum absolute atomic E-state index is 0.161. The monoisotopic (exact) mass is 395 g/mol. The first kappa shape index (κ1) is 20.3. The van der Waals surface area contributed by atoms with Gasteiger partial charge >= 0.3 is 0 Å². The Hall–Kier alpha value is -3.42. The summed E-state index contributed by atoms with van der Waals surface area (Å²) in [6.07, 6.45) is 0. The molecule has 0 aliphatic carbocycles. The SMILES string of the molecule is COc1ccc(NC(=O)c2cc(C(C)C)nc3c2c(C)nn3C)cc1NC(C)=O. The number of aryl methyl sites for hydroxylation is 2. The predicted octanol–water partition coefficient (Wildman–Crippen LogP) is 3.62. The van der Waals surface area contributed by atoms with Crippen molar-refractivity contribution in [3.05, 3.63) is 41.2 Å². The normalized spacial score (nSPS) is 11.0. The maximum Gasteiger partial charge on any atom is 0.256 e. The number of rotatable bonds is 5. The molecule has 0 bridgehead atoms. The standard InChI is InChI=1S/C21H25N5O3/c1-11(2)16-10-15(19-12(3)25-26(5)20(19)24-16)21(28)23-14-7-8-18(29-6)17(9-14)22-13(4)27/h7-11H,1-6H3,(H,22,27)(H,23,28). The lowest BCUT2D eigenvalue weighted by atomic mass is 10.0. The summed E-state index contributed by atoms with van der Waals surface area (Å²) in [6.45, 7) is 7.33. The molecular formula is C21H25N5O3. The van der Waals surface area contributed by atoms with E-state index in [2.05, 4.69) is 20.7 Å². The molecule has 0 aliphatic rings. The molecule has 2 aromatic heterocycles. The second kappa shape index (κ2) is 7.90. The van der Waals surface area contributed by atoms with E-state index in [1.807, 2.05) is 33.9 Å². The summed E-state index contributed by atoms with van der Waals surface area (Å²) in [5.41, 5.74) is 3.77. The Labute approximate surface area is 169 Å². The summed E-state index contributed by atoms with van der Waals surface area (Å²) in [5, 5.41) is 10.8. The predicted molar refractivity (Wildman–Crippen MR) is 113 cm³/mol. The second-order valence-corrected chi connectivity index (χ2v) is 7.21. The number of anilines is 2. The topological polar surface area (TPSA) is 98.1 Å². The minimum atomic E-state index is -0.269. The van der Waals surface area contributed by atoms with Gasteiger partial charge in [0.15, 0.2) is 5.65 Å². The molecule has 0 radical (unpaired) electrons. The zero-order valence-electron chi connectivity index (χ0n) is 17.5. The number of carbonyl (C=O) groups excluding carboxylic acids is 2. The van der Waals surface area contributed by atoms with E-state index in [0.29, 0.717) is 28.3 Å². The van der Waals surface area contributed by atoms with Crippen LogP contribution in [0.15, 0.2) is 24.3 Å². The summed E-state index contributed by atoms with van der Waals surface area (Å²) >= 11 is 0. The van der Waals surface area contributed by atoms with Gasteiger partial charge in [0.05, 0.1) is 29.4 Å². The Morgan fingerprint density at radius 3 is 2.52 bits per heavy atom. The number of pyridine rings is 1. The van der Waals surface area contributed by atoms with Gasteiger partial charge in [-0.15, -0.1) is 0 Å². The smallest absolute Gasteiger partial charge is 0.256 e. The van der Waals surface area contributed by atoms with E-state index in [9.17, 15) is 9.59 Å². The van der Waals surface area contributed by atoms with Gasteiger partial charge < -0.3 is 15.4 Å². The van der Waals surface area contributed by atoms with Crippen molar-refractivity contribution < 1.29 is 14.3 Å². The number of benzene rings is 1. The van der Waals surface area contributed by atoms with Crippen molar-refractivity contribution in [2.75, 3.05) is 17.7 Å². The molecule has 0 saturated carbocycles. The van der Waals surface area contributed by atoms with Crippen LogP contribution in [0.5, 0.6) is 5.75 Å². The molecule has 0 saturated heterocycles. The molecule has 0 atom stereocenters. The van der Waals surface area contributed by atoms with Crippen molar-refractivity contribution >= 4 is 34.2 Å². The number of hydrogen-bond acceptors (Lipinski definition) is 5. The highest BCUT2D eigenvalue weighted by Gasteiger charge is 2.20. The first-order valence-electron chi connectivity index (χ1n) is 9.32. The van der Waals surface area contributed by atoms with Crippen LogP contribution in [-0.4, -0.2) is 33.7 Å². The molecule has 2 heterocycles. The van der Waals surface area contributed by atoms with Crippen molar-refractivity contribution in [2.45, 2.75) is 33.6 Å². The molecular weight excluding hydrogens is 370 g/mol. The first-order chi connectivity index (χ1) is 13.7. The van der Waals surface area contributed by atoms with Crippen molar-refractivity contribution in [1.29, 1.82) is 0 Å². The molecule has 0 unspecified atom stereocenters. The molecule has 3 aromatic rings. The van der Waals surface area contributed by atoms with E-state index in [1.165, 1.54) is 14.0 Å². The molecule has 0 fully saturated rings. The van der Waals surface area contributed by atoms with Gasteiger partial charge in [-0.05, 0) is 37.1 Å². The number of ether oxygens (including phenoxy) is 1. The van der Waals surface area contributed by atoms with Crippen LogP contribution in [-0.2, 0) is 11.8 Å². The molecule has 0 spiro atoms. The van der Waals surface area contributed by atoms with Crippen LogP contribution in [0.2, 0.25) is 0 Å². The number of amides is 2. The number of methoxy groups -OCH3 is 1. The molecule has 152 valence electrons. The lowest BCUT2D eigenvalue weighted by molar-refractivity contribution is -0.114. The maximum atomic E-state index is 13.2. The van der Waals surface area contributed by atoms with Gasteiger partial charge in [-0.1, -0.05) is 13.8 Å². The van der Waals surface area contributed by atoms with Crippen molar-refractivity contribution in [3.63, 3.8) is 0 Å². The molecule has 8 nitrogen and oxygen atoms in total. The molecule has 0 aliphatic heterocycles. The summed E-state index contributed by atoms with van der Waals surface area (Å²) in [5.74, 6) is 0.174. The lowest BCUT2D eigenvalue weighted by Crippen LogP contribution is -2.15. The van der Waals surface area contributed by atoms with Crippen LogP contribution in [0.25, 0.3) is 11.0 Å². The second-order valence-electron chi connectivity index (χ2n) is 7.21. The summed E-state index contributed by atoms with van der Waals surface area (Å²) in [6, 6.07) is 6.89. The van der Waals surface area contributed by atoms with Gasteiger partial charge in [-0.3, -0.25) is 14.3 Å². The quantitative estimate of drug-likeness (QED) is 0.688. The van der Waals surface area contributed by atoms with Gasteiger partial charge in [0, 0.05) is 25.4 Å². The van der Waals surface area contributed by atoms with Gasteiger partial charge in [0.2, 0.25) is 5.91 Å². The van der Waals surface area contributed by atoms with Crippen LogP contribution in [0.1, 0.15) is 48.4 Å². The van der Waals surface area contributed by atoms with E-state index in [1.54, 1.807) is 22.9 Å². The van der Waals surface area contributed by atoms with Gasteiger partial charge in [-0.2, -0.15) is 5.10 Å². The fourth-order valence-corrected chi connectivity index (χ4v) is 3.21. The molecule has 2 amide bonds. The molecule has 2 N–H and O–H groups in total. The Bertz CT molecular complexity index is 1100. The highest BCUT2D eigenvalue weighted by atomic mass is 16.5. The van der Waals surface area contributed by atoms with Crippen molar-refractivity contribution in [1.82, 2.24) is 14.8 Å². The van der Waals surface area contributed by atoms with Crippen LogP contribution >= 0.6 is 0 Å². The largest absolute Gasteiger partial charge is 0.495 e. The van der Waals surface area contributed by atoms with E-state index in [0.717, 1.165) is 16.8 Å². The summed E-state index contributed by atoms with van der Waals surface area (Å²) in [7, 11) is 3.34. The van der Waals surface area contributed by atoms with Gasteiger partial charge in [-0.25, -0.2) is 4.98 Å². The number of hydrogen-bond donors (Lipinski definition) is 2. The Balaban J connectivity index is 2.03. The Morgan fingerprint density at radius 1 is 1.17 bits per heavy atom. The van der Waals surface area contributed by atoms with Crippen molar-refractivity contribution in [2.24, 2.45) is 7.05 Å². The number of nitrogens with one attached hydrogen (secondary N) is 2. The zero-order valence-corrected chi connectivity index (χ0v) is 17.5. The highest BCUT2D eigenvalue weighted by Crippen LogP contribution is 2.29. The third-order valence-electron chi connectivity index (χ3n) is 4.59. The van der Waals surface area contributed by atoms with Crippen LogP contribution < -0.4 is 15.4 Å². The third-order valence-corrected chi connectivity index (χ3v) is 4.59. The lowest BCUT2D eigenvalue weighted by Gasteiger charge is -2.13. The fraction of sp³-hybridized carbons (Fsp3) is 0.333. The summed E-state index contributed by atoms with van der Waals surface area (Å²) < 4.78 is 6.95. The summed E-state index contributed by atoms with van der Waals surface area (Å²) in [4.78, 5) is 29.3. The van der Waals surface area contributed by atoms with Gasteiger partial charge in [0.1, 0.15) is 5.75 Å². The van der Waals surface area contributed by atoms with Crippen LogP contribution in [0.3, 0.4) is 0 Å². The van der Waals surface area contributed by atoms with E-state index < -0.39 is 0 Å². The van der Waals surface area contributed by atoms with Crippen LogP contribution in [0, 0.1) is 6.92 Å². The van der Waals surface area contributed by atoms with Crippen LogP contribution in [0.4, 0.5) is 11.4 Å². The average Bonchev–Trinajstić information content (AvgIpc) is 2.94. The third kappa shape index (κ3) is 4.06. The minimum Gasteiger partial charge on any atom is -0.495 e. The van der Waals surface area contributed by atoms with E-state index in [4.69, 9.17) is 4.74 Å². The number of fused-ring (bicyclic) bond motifs is 1. The van der Waals surface area contributed by atoms with E-state index in [-0.39, 0.29) is 17.7 Å². The fourth-order valence-electron chi connectivity index (χ4n) is 3.21.